The van der Waals surface area contributed by atoms with E-state index in [4.69, 9.17) is 14.2 Å². The SMILES string of the molecule is COc1cc2c(Nc3ccc(CCc4ccccc4)cc3)c(C#N)cnc2cc1OCCCN1CCOCC1. The van der Waals surface area contributed by atoms with Crippen molar-refractivity contribution >= 4 is 22.3 Å². The number of rotatable bonds is 11. The van der Waals surface area contributed by atoms with Crippen LogP contribution in [0.1, 0.15) is 23.1 Å². The average Bonchev–Trinajstić information content (AvgIpc) is 2.99. The third-order valence-corrected chi connectivity index (χ3v) is 7.02. The monoisotopic (exact) mass is 522 g/mol. The zero-order chi connectivity index (χ0) is 26.9. The van der Waals surface area contributed by atoms with Gasteiger partial charge in [-0.05, 0) is 48.6 Å². The molecule has 1 saturated heterocycles. The van der Waals surface area contributed by atoms with E-state index >= 15 is 0 Å². The molecule has 2 heterocycles. The smallest absolute Gasteiger partial charge is 0.163 e. The van der Waals surface area contributed by atoms with Crippen LogP contribution < -0.4 is 14.8 Å². The first-order valence-corrected chi connectivity index (χ1v) is 13.5. The molecule has 3 aromatic carbocycles. The molecule has 200 valence electrons. The number of hydrogen-bond donors (Lipinski definition) is 1. The summed E-state index contributed by atoms with van der Waals surface area (Å²) in [4.78, 5) is 6.93. The van der Waals surface area contributed by atoms with Crippen molar-refractivity contribution in [2.75, 3.05) is 51.9 Å². The Kier molecular flexibility index (Phi) is 8.90. The summed E-state index contributed by atoms with van der Waals surface area (Å²) in [7, 11) is 1.63. The van der Waals surface area contributed by atoms with Crippen LogP contribution in [0.3, 0.4) is 0 Å². The molecule has 1 aliphatic heterocycles. The van der Waals surface area contributed by atoms with Crippen LogP contribution in [0, 0.1) is 11.3 Å². The van der Waals surface area contributed by atoms with Gasteiger partial charge in [0.25, 0.3) is 0 Å². The van der Waals surface area contributed by atoms with Crippen molar-refractivity contribution < 1.29 is 14.2 Å². The molecule has 39 heavy (non-hydrogen) atoms. The van der Waals surface area contributed by atoms with Crippen molar-refractivity contribution in [1.82, 2.24) is 9.88 Å². The van der Waals surface area contributed by atoms with Gasteiger partial charge in [-0.3, -0.25) is 9.88 Å². The Morgan fingerprint density at radius 2 is 1.72 bits per heavy atom. The number of pyridine rings is 1. The number of ether oxygens (including phenoxy) is 3. The second-order valence-electron chi connectivity index (χ2n) is 9.64. The highest BCUT2D eigenvalue weighted by Gasteiger charge is 2.15. The maximum atomic E-state index is 9.81. The fourth-order valence-corrected chi connectivity index (χ4v) is 4.82. The minimum Gasteiger partial charge on any atom is -0.493 e. The summed E-state index contributed by atoms with van der Waals surface area (Å²) in [6, 6.07) is 24.9. The molecule has 1 aliphatic rings. The van der Waals surface area contributed by atoms with E-state index < -0.39 is 0 Å². The first-order valence-electron chi connectivity index (χ1n) is 13.5. The van der Waals surface area contributed by atoms with Crippen LogP contribution in [-0.2, 0) is 17.6 Å². The van der Waals surface area contributed by atoms with Gasteiger partial charge in [-0.2, -0.15) is 5.26 Å². The normalized spacial score (nSPS) is 13.6. The largest absolute Gasteiger partial charge is 0.493 e. The van der Waals surface area contributed by atoms with Crippen LogP contribution in [0.25, 0.3) is 10.9 Å². The van der Waals surface area contributed by atoms with Gasteiger partial charge < -0.3 is 19.5 Å². The highest BCUT2D eigenvalue weighted by atomic mass is 16.5. The lowest BCUT2D eigenvalue weighted by atomic mass is 10.0. The molecule has 0 bridgehead atoms. The number of morpholine rings is 1. The molecule has 0 saturated carbocycles. The van der Waals surface area contributed by atoms with Gasteiger partial charge in [0, 0.05) is 43.0 Å². The zero-order valence-corrected chi connectivity index (χ0v) is 22.4. The van der Waals surface area contributed by atoms with E-state index in [1.54, 1.807) is 13.3 Å². The fraction of sp³-hybridized carbons (Fsp3) is 0.312. The van der Waals surface area contributed by atoms with Crippen LogP contribution in [-0.4, -0.2) is 56.4 Å². The topological polar surface area (TPSA) is 79.6 Å². The van der Waals surface area contributed by atoms with Gasteiger partial charge in [-0.15, -0.1) is 0 Å². The summed E-state index contributed by atoms with van der Waals surface area (Å²) in [5.74, 6) is 1.27. The summed E-state index contributed by atoms with van der Waals surface area (Å²) >= 11 is 0. The summed E-state index contributed by atoms with van der Waals surface area (Å²) in [6.45, 7) is 5.08. The Bertz CT molecular complexity index is 1410. The van der Waals surface area contributed by atoms with E-state index in [1.807, 2.05) is 18.2 Å². The van der Waals surface area contributed by atoms with Crippen molar-refractivity contribution in [3.8, 4) is 17.6 Å². The maximum Gasteiger partial charge on any atom is 0.163 e. The summed E-state index contributed by atoms with van der Waals surface area (Å²) in [5, 5.41) is 14.1. The van der Waals surface area contributed by atoms with Crippen LogP contribution in [0.4, 0.5) is 11.4 Å². The lowest BCUT2D eigenvalue weighted by Gasteiger charge is -2.26. The molecule has 7 heteroatoms. The van der Waals surface area contributed by atoms with E-state index in [0.29, 0.717) is 29.4 Å². The summed E-state index contributed by atoms with van der Waals surface area (Å²) in [6.07, 6.45) is 4.49. The number of nitrogens with one attached hydrogen (secondary N) is 1. The number of fused-ring (bicyclic) bond motifs is 1. The molecule has 0 atom stereocenters. The molecule has 7 nitrogen and oxygen atoms in total. The minimum absolute atomic E-state index is 0.469. The van der Waals surface area contributed by atoms with Gasteiger partial charge in [-0.1, -0.05) is 42.5 Å². The summed E-state index contributed by atoms with van der Waals surface area (Å²) in [5.41, 5.74) is 5.41. The van der Waals surface area contributed by atoms with Crippen LogP contribution in [0.2, 0.25) is 0 Å². The highest BCUT2D eigenvalue weighted by Crippen LogP contribution is 2.37. The van der Waals surface area contributed by atoms with Gasteiger partial charge in [-0.25, -0.2) is 0 Å². The van der Waals surface area contributed by atoms with E-state index in [0.717, 1.165) is 68.7 Å². The number of aromatic nitrogens is 1. The Labute approximate surface area is 229 Å². The molecule has 1 fully saturated rings. The molecule has 0 spiro atoms. The fourth-order valence-electron chi connectivity index (χ4n) is 4.82. The molecule has 1 aromatic heterocycles. The molecule has 4 aromatic rings. The lowest BCUT2D eigenvalue weighted by Crippen LogP contribution is -2.37. The Hall–Kier alpha value is -4.12. The molecule has 0 radical (unpaired) electrons. The van der Waals surface area contributed by atoms with Crippen molar-refractivity contribution in [3.63, 3.8) is 0 Å². The number of nitriles is 1. The van der Waals surface area contributed by atoms with Gasteiger partial charge in [0.15, 0.2) is 11.5 Å². The number of benzene rings is 3. The van der Waals surface area contributed by atoms with Crippen LogP contribution >= 0.6 is 0 Å². The van der Waals surface area contributed by atoms with Crippen molar-refractivity contribution in [2.24, 2.45) is 0 Å². The number of nitrogens with zero attached hydrogens (tertiary/aromatic N) is 3. The van der Waals surface area contributed by atoms with Gasteiger partial charge in [0.05, 0.1) is 43.7 Å². The second-order valence-corrected chi connectivity index (χ2v) is 9.64. The molecular weight excluding hydrogens is 488 g/mol. The van der Waals surface area contributed by atoms with Crippen LogP contribution in [0.5, 0.6) is 11.5 Å². The van der Waals surface area contributed by atoms with Gasteiger partial charge >= 0.3 is 0 Å². The Morgan fingerprint density at radius 3 is 2.44 bits per heavy atom. The number of methoxy groups -OCH3 is 1. The van der Waals surface area contributed by atoms with Gasteiger partial charge in [0.2, 0.25) is 0 Å². The van der Waals surface area contributed by atoms with Crippen molar-refractivity contribution in [1.29, 1.82) is 5.26 Å². The quantitative estimate of drug-likeness (QED) is 0.252. The molecular formula is C32H34N4O3. The third-order valence-electron chi connectivity index (χ3n) is 7.02. The zero-order valence-electron chi connectivity index (χ0n) is 22.4. The molecule has 1 N–H and O–H groups in total. The number of anilines is 2. The molecule has 0 aliphatic carbocycles. The first-order chi connectivity index (χ1) is 19.2. The van der Waals surface area contributed by atoms with Crippen molar-refractivity contribution in [3.05, 3.63) is 89.6 Å². The van der Waals surface area contributed by atoms with E-state index in [9.17, 15) is 5.26 Å². The summed E-state index contributed by atoms with van der Waals surface area (Å²) < 4.78 is 17.2. The molecule has 5 rings (SSSR count). The predicted molar refractivity (Wildman–Crippen MR) is 154 cm³/mol. The lowest BCUT2D eigenvalue weighted by molar-refractivity contribution is 0.0357. The van der Waals surface area contributed by atoms with E-state index in [2.05, 4.69) is 69.8 Å². The van der Waals surface area contributed by atoms with Gasteiger partial charge in [0.1, 0.15) is 6.07 Å². The predicted octanol–water partition coefficient (Wildman–Crippen LogP) is 5.74. The standard InChI is InChI=1S/C32H34N4O3/c1-37-30-20-28-29(21-31(30)39-17-5-14-36-15-18-38-19-16-36)34-23-26(22-33)32(28)35-27-12-10-25(11-13-27)9-8-24-6-3-2-4-7-24/h2-4,6-7,10-13,20-21,23H,5,8-9,14-19H2,1H3,(H,34,35). The van der Waals surface area contributed by atoms with Crippen LogP contribution in [0.15, 0.2) is 72.9 Å². The maximum absolute atomic E-state index is 9.81. The first kappa shape index (κ1) is 26.5. The second kappa shape index (κ2) is 13.1. The Morgan fingerprint density at radius 1 is 0.974 bits per heavy atom. The van der Waals surface area contributed by atoms with Crippen molar-refractivity contribution in [2.45, 2.75) is 19.3 Å². The Balaban J connectivity index is 1.29. The minimum atomic E-state index is 0.469. The highest BCUT2D eigenvalue weighted by molar-refractivity contribution is 5.97. The molecule has 0 unspecified atom stereocenters. The molecule has 0 amide bonds. The van der Waals surface area contributed by atoms with E-state index in [-0.39, 0.29) is 0 Å². The number of aryl methyl sites for hydroxylation is 2. The average molecular weight is 523 g/mol. The number of hydrogen-bond acceptors (Lipinski definition) is 7. The third kappa shape index (κ3) is 6.85. The van der Waals surface area contributed by atoms with E-state index in [1.165, 1.54) is 11.1 Å².